The number of ether oxygens (including phenoxy) is 2. The van der Waals surface area contributed by atoms with Gasteiger partial charge in [0.25, 0.3) is 0 Å². The Labute approximate surface area is 170 Å². The average molecular weight is 395 g/mol. The summed E-state index contributed by atoms with van der Waals surface area (Å²) in [6.45, 7) is 4.41. The highest BCUT2D eigenvalue weighted by Crippen LogP contribution is 2.26. The van der Waals surface area contributed by atoms with Gasteiger partial charge in [-0.1, -0.05) is 19.1 Å². The lowest BCUT2D eigenvalue weighted by atomic mass is 10.1. The Bertz CT molecular complexity index is 873. The maximum atomic E-state index is 12.4. The zero-order chi connectivity index (χ0) is 20.8. The topological polar surface area (TPSA) is 72.9 Å². The summed E-state index contributed by atoms with van der Waals surface area (Å²) in [5, 5.41) is 0. The van der Waals surface area contributed by atoms with Crippen LogP contribution >= 0.6 is 0 Å². The number of esters is 1. The largest absolute Gasteiger partial charge is 0.494 e. The minimum atomic E-state index is -0.568. The SMILES string of the molecule is CCOc1ccc(C(=O)COC(=O)C2CC(=O)N(c3ccc(CC)cc3)C2)cc1. The number of benzene rings is 2. The highest BCUT2D eigenvalue weighted by atomic mass is 16.5. The Morgan fingerprint density at radius 2 is 1.72 bits per heavy atom. The monoisotopic (exact) mass is 395 g/mol. The molecule has 6 heteroatoms. The lowest BCUT2D eigenvalue weighted by molar-refractivity contribution is -0.147. The van der Waals surface area contributed by atoms with Crippen LogP contribution in [0.4, 0.5) is 5.69 Å². The molecule has 0 saturated carbocycles. The van der Waals surface area contributed by atoms with Crippen molar-refractivity contribution in [2.45, 2.75) is 26.7 Å². The molecule has 152 valence electrons. The quantitative estimate of drug-likeness (QED) is 0.506. The van der Waals surface area contributed by atoms with Gasteiger partial charge in [0.05, 0.1) is 12.5 Å². The van der Waals surface area contributed by atoms with E-state index in [4.69, 9.17) is 9.47 Å². The third kappa shape index (κ3) is 5.02. The van der Waals surface area contributed by atoms with Crippen molar-refractivity contribution in [3.63, 3.8) is 0 Å². The Balaban J connectivity index is 1.54. The number of carbonyl (C=O) groups is 3. The second kappa shape index (κ2) is 9.37. The van der Waals surface area contributed by atoms with Gasteiger partial charge in [-0.15, -0.1) is 0 Å². The van der Waals surface area contributed by atoms with Crippen LogP contribution in [0.2, 0.25) is 0 Å². The zero-order valence-corrected chi connectivity index (χ0v) is 16.7. The molecule has 0 radical (unpaired) electrons. The summed E-state index contributed by atoms with van der Waals surface area (Å²) in [5.74, 6) is -0.823. The molecule has 1 fully saturated rings. The summed E-state index contributed by atoms with van der Waals surface area (Å²) in [7, 11) is 0. The molecule has 1 saturated heterocycles. The van der Waals surface area contributed by atoms with E-state index in [1.807, 2.05) is 31.2 Å². The first-order chi connectivity index (χ1) is 14.0. The predicted octanol–water partition coefficient (Wildman–Crippen LogP) is 3.43. The second-order valence-corrected chi connectivity index (χ2v) is 6.91. The van der Waals surface area contributed by atoms with Gasteiger partial charge in [-0.05, 0) is 55.3 Å². The van der Waals surface area contributed by atoms with Gasteiger partial charge in [-0.25, -0.2) is 0 Å². The molecule has 3 rings (SSSR count). The van der Waals surface area contributed by atoms with Crippen LogP contribution < -0.4 is 9.64 Å². The van der Waals surface area contributed by atoms with Crippen molar-refractivity contribution >= 4 is 23.3 Å². The molecule has 1 aliphatic rings. The number of nitrogens with zero attached hydrogens (tertiary/aromatic N) is 1. The number of hydrogen-bond acceptors (Lipinski definition) is 5. The number of amides is 1. The van der Waals surface area contributed by atoms with E-state index in [1.54, 1.807) is 29.2 Å². The first-order valence-electron chi connectivity index (χ1n) is 9.83. The molecule has 6 nitrogen and oxygen atoms in total. The Morgan fingerprint density at radius 3 is 2.34 bits per heavy atom. The molecule has 0 spiro atoms. The van der Waals surface area contributed by atoms with Gasteiger partial charge in [0, 0.05) is 24.2 Å². The van der Waals surface area contributed by atoms with Crippen LogP contribution in [0.15, 0.2) is 48.5 Å². The molecule has 2 aromatic carbocycles. The number of hydrogen-bond donors (Lipinski definition) is 0. The first-order valence-corrected chi connectivity index (χ1v) is 9.83. The number of aryl methyl sites for hydroxylation is 1. The number of anilines is 1. The van der Waals surface area contributed by atoms with Crippen LogP contribution in [0.5, 0.6) is 5.75 Å². The van der Waals surface area contributed by atoms with Crippen LogP contribution in [0.3, 0.4) is 0 Å². The van der Waals surface area contributed by atoms with Crippen LogP contribution in [-0.4, -0.2) is 37.4 Å². The fourth-order valence-corrected chi connectivity index (χ4v) is 3.27. The standard InChI is InChI=1S/C23H25NO5/c1-3-16-5-9-19(10-6-16)24-14-18(13-22(24)26)23(27)29-15-21(25)17-7-11-20(12-8-17)28-4-2/h5-12,18H,3-4,13-15H2,1-2H3. The predicted molar refractivity (Wildman–Crippen MR) is 109 cm³/mol. The number of ketones is 1. The fraction of sp³-hybridized carbons (Fsp3) is 0.348. The van der Waals surface area contributed by atoms with Crippen LogP contribution in [-0.2, 0) is 20.7 Å². The third-order valence-corrected chi connectivity index (χ3v) is 4.95. The molecule has 1 aliphatic heterocycles. The smallest absolute Gasteiger partial charge is 0.311 e. The molecular formula is C23H25NO5. The molecular weight excluding hydrogens is 370 g/mol. The van der Waals surface area contributed by atoms with E-state index < -0.39 is 11.9 Å². The molecule has 1 heterocycles. The Morgan fingerprint density at radius 1 is 1.03 bits per heavy atom. The number of carbonyl (C=O) groups excluding carboxylic acids is 3. The molecule has 29 heavy (non-hydrogen) atoms. The summed E-state index contributed by atoms with van der Waals surface area (Å²) in [6.07, 6.45) is 1.01. The fourth-order valence-electron chi connectivity index (χ4n) is 3.27. The summed E-state index contributed by atoms with van der Waals surface area (Å²) >= 11 is 0. The maximum Gasteiger partial charge on any atom is 0.311 e. The minimum absolute atomic E-state index is 0.0889. The van der Waals surface area contributed by atoms with Crippen LogP contribution in [0.25, 0.3) is 0 Å². The lowest BCUT2D eigenvalue weighted by Gasteiger charge is -2.17. The van der Waals surface area contributed by atoms with Crippen molar-refractivity contribution in [1.29, 1.82) is 0 Å². The summed E-state index contributed by atoms with van der Waals surface area (Å²) in [4.78, 5) is 38.5. The van der Waals surface area contributed by atoms with E-state index >= 15 is 0 Å². The summed E-state index contributed by atoms with van der Waals surface area (Å²) < 4.78 is 10.5. The van der Waals surface area contributed by atoms with Gasteiger partial charge in [-0.3, -0.25) is 14.4 Å². The van der Waals surface area contributed by atoms with Crippen LogP contribution in [0, 0.1) is 5.92 Å². The molecule has 0 aromatic heterocycles. The lowest BCUT2D eigenvalue weighted by Crippen LogP contribution is -2.27. The van der Waals surface area contributed by atoms with Gasteiger partial charge in [0.1, 0.15) is 5.75 Å². The van der Waals surface area contributed by atoms with Crippen molar-refractivity contribution in [3.05, 3.63) is 59.7 Å². The highest BCUT2D eigenvalue weighted by Gasteiger charge is 2.36. The molecule has 1 amide bonds. The van der Waals surface area contributed by atoms with E-state index in [2.05, 4.69) is 6.92 Å². The van der Waals surface area contributed by atoms with E-state index in [-0.39, 0.29) is 31.3 Å². The maximum absolute atomic E-state index is 12.4. The van der Waals surface area contributed by atoms with Gasteiger partial charge >= 0.3 is 5.97 Å². The van der Waals surface area contributed by atoms with E-state index in [1.165, 1.54) is 5.56 Å². The van der Waals surface area contributed by atoms with Gasteiger partial charge in [0.2, 0.25) is 5.91 Å². The molecule has 0 N–H and O–H groups in total. The molecule has 0 bridgehead atoms. The van der Waals surface area contributed by atoms with E-state index in [9.17, 15) is 14.4 Å². The van der Waals surface area contributed by atoms with E-state index in [0.29, 0.717) is 17.9 Å². The van der Waals surface area contributed by atoms with Crippen molar-refractivity contribution in [3.8, 4) is 5.75 Å². The Hall–Kier alpha value is -3.15. The van der Waals surface area contributed by atoms with Crippen molar-refractivity contribution in [2.75, 3.05) is 24.7 Å². The average Bonchev–Trinajstić information content (AvgIpc) is 3.14. The minimum Gasteiger partial charge on any atom is -0.494 e. The number of rotatable bonds is 8. The van der Waals surface area contributed by atoms with Gasteiger partial charge < -0.3 is 14.4 Å². The van der Waals surface area contributed by atoms with Crippen LogP contribution in [0.1, 0.15) is 36.2 Å². The highest BCUT2D eigenvalue weighted by molar-refractivity contribution is 6.01. The molecule has 1 atom stereocenters. The third-order valence-electron chi connectivity index (χ3n) is 4.95. The number of Topliss-reactive ketones (excluding diaryl/α,β-unsaturated/α-hetero) is 1. The first kappa shape index (κ1) is 20.6. The van der Waals surface area contributed by atoms with Gasteiger partial charge in [0.15, 0.2) is 12.4 Å². The van der Waals surface area contributed by atoms with Crippen molar-refractivity contribution in [2.24, 2.45) is 5.92 Å². The van der Waals surface area contributed by atoms with Crippen molar-refractivity contribution in [1.82, 2.24) is 0 Å². The summed E-state index contributed by atoms with van der Waals surface area (Å²) in [5.41, 5.74) is 2.40. The second-order valence-electron chi connectivity index (χ2n) is 6.91. The molecule has 0 aliphatic carbocycles. The zero-order valence-electron chi connectivity index (χ0n) is 16.7. The summed E-state index contributed by atoms with van der Waals surface area (Å²) in [6, 6.07) is 14.4. The van der Waals surface area contributed by atoms with Gasteiger partial charge in [-0.2, -0.15) is 0 Å². The normalized spacial score (nSPS) is 16.0. The van der Waals surface area contributed by atoms with Crippen molar-refractivity contribution < 1.29 is 23.9 Å². The molecule has 2 aromatic rings. The Kier molecular flexibility index (Phi) is 6.65. The van der Waals surface area contributed by atoms with E-state index in [0.717, 1.165) is 12.1 Å². The molecule has 1 unspecified atom stereocenters.